The second kappa shape index (κ2) is 9.57. The van der Waals surface area contributed by atoms with Gasteiger partial charge in [0.2, 0.25) is 5.88 Å². The first-order valence-corrected chi connectivity index (χ1v) is 11.6. The van der Waals surface area contributed by atoms with Crippen LogP contribution in [0.5, 0.6) is 5.88 Å². The highest BCUT2D eigenvalue weighted by molar-refractivity contribution is 6.30. The predicted octanol–water partition coefficient (Wildman–Crippen LogP) is 3.90. The smallest absolute Gasteiger partial charge is 0.213 e. The molecule has 1 saturated carbocycles. The molecule has 7 nitrogen and oxygen atoms in total. The average molecular weight is 455 g/mol. The SMILES string of the molecule is OCCOC1Cc2cc(Cl)ccc2-n2c(nnc2C2CCC(Oc3ccccn3)CC2)C1. The van der Waals surface area contributed by atoms with Crippen LogP contribution in [0.1, 0.15) is 48.8 Å². The van der Waals surface area contributed by atoms with Crippen molar-refractivity contribution in [3.63, 3.8) is 0 Å². The van der Waals surface area contributed by atoms with Crippen LogP contribution in [0.2, 0.25) is 5.02 Å². The van der Waals surface area contributed by atoms with Gasteiger partial charge in [0.15, 0.2) is 0 Å². The number of aromatic nitrogens is 4. The van der Waals surface area contributed by atoms with Gasteiger partial charge in [-0.05, 0) is 55.5 Å². The van der Waals surface area contributed by atoms with E-state index in [0.717, 1.165) is 55.0 Å². The molecule has 0 amide bonds. The van der Waals surface area contributed by atoms with Gasteiger partial charge >= 0.3 is 0 Å². The van der Waals surface area contributed by atoms with E-state index in [1.54, 1.807) is 6.20 Å². The van der Waals surface area contributed by atoms with Crippen LogP contribution in [0, 0.1) is 0 Å². The molecule has 2 aromatic heterocycles. The second-order valence-corrected chi connectivity index (χ2v) is 8.90. The molecule has 3 heterocycles. The Kier molecular flexibility index (Phi) is 6.39. The summed E-state index contributed by atoms with van der Waals surface area (Å²) in [6.07, 6.45) is 7.13. The van der Waals surface area contributed by atoms with E-state index in [1.165, 1.54) is 0 Å². The van der Waals surface area contributed by atoms with Gasteiger partial charge in [-0.2, -0.15) is 0 Å². The molecule has 8 heteroatoms. The van der Waals surface area contributed by atoms with E-state index in [4.69, 9.17) is 21.1 Å². The number of fused-ring (bicyclic) bond motifs is 3. The summed E-state index contributed by atoms with van der Waals surface area (Å²) in [5, 5.41) is 19.1. The van der Waals surface area contributed by atoms with Crippen molar-refractivity contribution in [1.82, 2.24) is 19.7 Å². The Bertz CT molecular complexity index is 1050. The first-order chi connectivity index (χ1) is 15.7. The molecular weight excluding hydrogens is 428 g/mol. The molecule has 1 N–H and O–H groups in total. The van der Waals surface area contributed by atoms with E-state index < -0.39 is 0 Å². The number of aliphatic hydroxyl groups is 1. The van der Waals surface area contributed by atoms with Gasteiger partial charge in [-0.3, -0.25) is 4.57 Å². The Morgan fingerprint density at radius 1 is 1.03 bits per heavy atom. The quantitative estimate of drug-likeness (QED) is 0.608. The maximum absolute atomic E-state index is 9.20. The Hall–Kier alpha value is -2.48. The average Bonchev–Trinajstić information content (AvgIpc) is 3.15. The summed E-state index contributed by atoms with van der Waals surface area (Å²) < 4.78 is 14.2. The zero-order chi connectivity index (χ0) is 21.9. The Morgan fingerprint density at radius 2 is 1.91 bits per heavy atom. The molecule has 1 aromatic carbocycles. The van der Waals surface area contributed by atoms with Crippen LogP contribution in [0.4, 0.5) is 0 Å². The van der Waals surface area contributed by atoms with Crippen LogP contribution < -0.4 is 4.74 Å². The number of nitrogens with zero attached hydrogens (tertiary/aromatic N) is 4. The molecule has 0 saturated heterocycles. The summed E-state index contributed by atoms with van der Waals surface area (Å²) in [5.41, 5.74) is 2.19. The van der Waals surface area contributed by atoms with E-state index in [0.29, 0.717) is 29.8 Å². The van der Waals surface area contributed by atoms with Crippen molar-refractivity contribution in [1.29, 1.82) is 0 Å². The van der Waals surface area contributed by atoms with Crippen LogP contribution in [0.3, 0.4) is 0 Å². The molecule has 1 fully saturated rings. The molecule has 1 aliphatic carbocycles. The minimum absolute atomic E-state index is 0.000651. The lowest BCUT2D eigenvalue weighted by molar-refractivity contribution is 0.0289. The van der Waals surface area contributed by atoms with Gasteiger partial charge in [-0.25, -0.2) is 4.98 Å². The highest BCUT2D eigenvalue weighted by Crippen LogP contribution is 2.37. The van der Waals surface area contributed by atoms with E-state index in [1.807, 2.05) is 30.3 Å². The lowest BCUT2D eigenvalue weighted by atomic mass is 9.86. The molecule has 3 aromatic rings. The van der Waals surface area contributed by atoms with Crippen LogP contribution in [-0.2, 0) is 17.6 Å². The fourth-order valence-corrected chi connectivity index (χ4v) is 5.00. The van der Waals surface area contributed by atoms with Crippen molar-refractivity contribution in [2.75, 3.05) is 13.2 Å². The summed E-state index contributed by atoms with van der Waals surface area (Å²) in [6.45, 7) is 0.308. The topological polar surface area (TPSA) is 82.3 Å². The number of benzene rings is 1. The van der Waals surface area contributed by atoms with Gasteiger partial charge in [0, 0.05) is 36.0 Å². The first kappa shape index (κ1) is 21.4. The number of rotatable bonds is 6. The highest BCUT2D eigenvalue weighted by atomic mass is 35.5. The maximum Gasteiger partial charge on any atom is 0.213 e. The molecule has 168 valence electrons. The van der Waals surface area contributed by atoms with Crippen molar-refractivity contribution in [2.24, 2.45) is 0 Å². The summed E-state index contributed by atoms with van der Waals surface area (Å²) in [5.74, 6) is 2.91. The van der Waals surface area contributed by atoms with E-state index in [-0.39, 0.29) is 18.8 Å². The zero-order valence-electron chi connectivity index (χ0n) is 17.9. The Morgan fingerprint density at radius 3 is 2.69 bits per heavy atom. The molecule has 0 spiro atoms. The van der Waals surface area contributed by atoms with Gasteiger partial charge in [0.05, 0.1) is 25.0 Å². The third kappa shape index (κ3) is 4.51. The summed E-state index contributed by atoms with van der Waals surface area (Å²) in [6, 6.07) is 11.7. The summed E-state index contributed by atoms with van der Waals surface area (Å²) in [4.78, 5) is 4.28. The molecule has 1 unspecified atom stereocenters. The van der Waals surface area contributed by atoms with Crippen molar-refractivity contribution in [3.05, 3.63) is 64.8 Å². The van der Waals surface area contributed by atoms with Crippen LogP contribution in [0.25, 0.3) is 5.69 Å². The number of hydrogen-bond donors (Lipinski definition) is 1. The third-order valence-electron chi connectivity index (χ3n) is 6.30. The van der Waals surface area contributed by atoms with E-state index in [2.05, 4.69) is 25.8 Å². The number of aliphatic hydroxyl groups excluding tert-OH is 1. The maximum atomic E-state index is 9.20. The highest BCUT2D eigenvalue weighted by Gasteiger charge is 2.32. The number of hydrogen-bond acceptors (Lipinski definition) is 6. The van der Waals surface area contributed by atoms with Gasteiger partial charge in [-0.1, -0.05) is 17.7 Å². The fraction of sp³-hybridized carbons (Fsp3) is 0.458. The van der Waals surface area contributed by atoms with Gasteiger partial charge < -0.3 is 14.6 Å². The van der Waals surface area contributed by atoms with Crippen molar-refractivity contribution in [3.8, 4) is 11.6 Å². The number of ether oxygens (including phenoxy) is 2. The molecule has 0 bridgehead atoms. The number of halogens is 1. The molecule has 1 atom stereocenters. The largest absolute Gasteiger partial charge is 0.474 e. The van der Waals surface area contributed by atoms with E-state index in [9.17, 15) is 5.11 Å². The molecule has 0 radical (unpaired) electrons. The Labute approximate surface area is 192 Å². The monoisotopic (exact) mass is 454 g/mol. The number of pyridine rings is 1. The summed E-state index contributed by atoms with van der Waals surface area (Å²) in [7, 11) is 0. The van der Waals surface area contributed by atoms with Crippen LogP contribution in [0.15, 0.2) is 42.6 Å². The molecular formula is C24H27ClN4O3. The van der Waals surface area contributed by atoms with E-state index >= 15 is 0 Å². The lowest BCUT2D eigenvalue weighted by Crippen LogP contribution is -2.25. The molecule has 5 rings (SSSR count). The second-order valence-electron chi connectivity index (χ2n) is 8.47. The minimum Gasteiger partial charge on any atom is -0.474 e. The van der Waals surface area contributed by atoms with Crippen LogP contribution >= 0.6 is 11.6 Å². The van der Waals surface area contributed by atoms with Crippen molar-refractivity contribution < 1.29 is 14.6 Å². The van der Waals surface area contributed by atoms with Gasteiger partial charge in [0.1, 0.15) is 17.8 Å². The predicted molar refractivity (Wildman–Crippen MR) is 120 cm³/mol. The Balaban J connectivity index is 1.38. The van der Waals surface area contributed by atoms with Gasteiger partial charge in [0.25, 0.3) is 0 Å². The van der Waals surface area contributed by atoms with Crippen molar-refractivity contribution >= 4 is 11.6 Å². The normalized spacial score (nSPS) is 22.6. The fourth-order valence-electron chi connectivity index (χ4n) is 4.81. The van der Waals surface area contributed by atoms with Gasteiger partial charge in [-0.15, -0.1) is 10.2 Å². The lowest BCUT2D eigenvalue weighted by Gasteiger charge is -2.28. The molecule has 1 aliphatic heterocycles. The standard InChI is InChI=1S/C24H27ClN4O3/c25-18-6-9-21-17(13-18)14-20(31-12-11-30)15-22-27-28-24(29(21)22)16-4-7-19(8-5-16)32-23-3-1-2-10-26-23/h1-3,6,9-10,13,16,19-20,30H,4-5,7-8,11-12,14-15H2. The van der Waals surface area contributed by atoms with Crippen LogP contribution in [-0.4, -0.2) is 50.3 Å². The minimum atomic E-state index is -0.0693. The first-order valence-electron chi connectivity index (χ1n) is 11.2. The van der Waals surface area contributed by atoms with Crippen molar-refractivity contribution in [2.45, 2.75) is 56.7 Å². The molecule has 32 heavy (non-hydrogen) atoms. The summed E-state index contributed by atoms with van der Waals surface area (Å²) >= 11 is 6.31. The third-order valence-corrected chi connectivity index (χ3v) is 6.54. The zero-order valence-corrected chi connectivity index (χ0v) is 18.6. The molecule has 2 aliphatic rings.